The summed E-state index contributed by atoms with van der Waals surface area (Å²) >= 11 is 1.71. The van der Waals surface area contributed by atoms with Crippen molar-refractivity contribution >= 4 is 17.5 Å². The van der Waals surface area contributed by atoms with E-state index in [9.17, 15) is 4.79 Å². The lowest BCUT2D eigenvalue weighted by Crippen LogP contribution is -1.93. The largest absolute Gasteiger partial charge is 0.456 e. The summed E-state index contributed by atoms with van der Waals surface area (Å²) in [6.45, 7) is 1.58. The lowest BCUT2D eigenvalue weighted by Gasteiger charge is -2.08. The Hall–Kier alpha value is -1.74. The first kappa shape index (κ1) is 11.4. The van der Waals surface area contributed by atoms with Crippen LogP contribution in [0.25, 0.3) is 0 Å². The molecule has 18 heavy (non-hydrogen) atoms. The molecule has 2 aromatic rings. The zero-order valence-electron chi connectivity index (χ0n) is 9.97. The summed E-state index contributed by atoms with van der Waals surface area (Å²) in [5.74, 6) is 2.68. The molecule has 0 N–H and O–H groups in total. The van der Waals surface area contributed by atoms with E-state index in [1.54, 1.807) is 18.7 Å². The molecule has 1 aliphatic rings. The first-order valence-electron chi connectivity index (χ1n) is 5.77. The third-order valence-electron chi connectivity index (χ3n) is 2.93. The van der Waals surface area contributed by atoms with Crippen molar-refractivity contribution in [3.05, 3.63) is 53.6 Å². The number of Topliss-reactive ketones (excluding diaryl/α,β-unsaturated/α-hetero) is 1. The van der Waals surface area contributed by atoms with Gasteiger partial charge in [-0.2, -0.15) is 0 Å². The highest BCUT2D eigenvalue weighted by Crippen LogP contribution is 2.41. The first-order chi connectivity index (χ1) is 8.74. The molecule has 0 aliphatic carbocycles. The number of carbonyl (C=O) groups excluding carboxylic acids is 1. The number of ether oxygens (including phenoxy) is 1. The van der Waals surface area contributed by atoms with Gasteiger partial charge in [0.25, 0.3) is 0 Å². The van der Waals surface area contributed by atoms with Crippen LogP contribution in [-0.2, 0) is 5.75 Å². The summed E-state index contributed by atoms with van der Waals surface area (Å²) < 4.78 is 5.91. The Morgan fingerprint density at radius 2 is 2.00 bits per heavy atom. The summed E-state index contributed by atoms with van der Waals surface area (Å²) in [6, 6.07) is 13.6. The van der Waals surface area contributed by atoms with Crippen molar-refractivity contribution in [3.8, 4) is 11.5 Å². The number of thioether (sulfide) groups is 1. The fourth-order valence-electron chi connectivity index (χ4n) is 1.92. The third-order valence-corrected chi connectivity index (χ3v) is 4.01. The second kappa shape index (κ2) is 4.50. The lowest BCUT2D eigenvalue weighted by molar-refractivity contribution is 0.101. The predicted molar refractivity (Wildman–Crippen MR) is 72.5 cm³/mol. The van der Waals surface area contributed by atoms with Crippen LogP contribution in [0.2, 0.25) is 0 Å². The molecule has 0 amide bonds. The number of fused-ring (bicyclic) bond motifs is 2. The van der Waals surface area contributed by atoms with Crippen LogP contribution in [0.3, 0.4) is 0 Å². The molecule has 90 valence electrons. The van der Waals surface area contributed by atoms with Crippen molar-refractivity contribution in [1.29, 1.82) is 0 Å². The van der Waals surface area contributed by atoms with Crippen LogP contribution in [0.4, 0.5) is 0 Å². The monoisotopic (exact) mass is 256 g/mol. The topological polar surface area (TPSA) is 26.3 Å². The van der Waals surface area contributed by atoms with Gasteiger partial charge in [-0.3, -0.25) is 4.79 Å². The summed E-state index contributed by atoms with van der Waals surface area (Å²) in [7, 11) is 0. The summed E-state index contributed by atoms with van der Waals surface area (Å²) in [4.78, 5) is 12.4. The van der Waals surface area contributed by atoms with E-state index in [4.69, 9.17) is 4.74 Å². The molecular weight excluding hydrogens is 244 g/mol. The van der Waals surface area contributed by atoms with Gasteiger partial charge in [0.1, 0.15) is 11.5 Å². The van der Waals surface area contributed by atoms with Gasteiger partial charge in [-0.1, -0.05) is 18.2 Å². The predicted octanol–water partition coefficient (Wildman–Crippen LogP) is 4.29. The molecule has 2 aromatic carbocycles. The molecule has 1 heterocycles. The smallest absolute Gasteiger partial charge is 0.159 e. The Morgan fingerprint density at radius 1 is 1.17 bits per heavy atom. The second-order valence-electron chi connectivity index (χ2n) is 4.22. The molecule has 0 atom stereocenters. The van der Waals surface area contributed by atoms with E-state index in [0.717, 1.165) is 27.7 Å². The number of hydrogen-bond donors (Lipinski definition) is 0. The molecule has 0 fully saturated rings. The van der Waals surface area contributed by atoms with Crippen LogP contribution >= 0.6 is 11.8 Å². The first-order valence-corrected chi connectivity index (χ1v) is 6.76. The Morgan fingerprint density at radius 3 is 2.83 bits per heavy atom. The molecule has 0 unspecified atom stereocenters. The van der Waals surface area contributed by atoms with E-state index in [0.29, 0.717) is 0 Å². The van der Waals surface area contributed by atoms with Gasteiger partial charge in [0, 0.05) is 16.9 Å². The SMILES string of the molecule is CC(=O)c1ccc2c(c1)SCc1ccccc1O2. The number of hydrogen-bond acceptors (Lipinski definition) is 3. The van der Waals surface area contributed by atoms with Gasteiger partial charge in [-0.15, -0.1) is 11.8 Å². The molecule has 0 spiro atoms. The molecule has 3 heteroatoms. The van der Waals surface area contributed by atoms with Gasteiger partial charge in [-0.25, -0.2) is 0 Å². The van der Waals surface area contributed by atoms with Crippen molar-refractivity contribution in [2.45, 2.75) is 17.6 Å². The molecule has 1 aliphatic heterocycles. The molecule has 0 saturated carbocycles. The van der Waals surface area contributed by atoms with Crippen LogP contribution in [0.5, 0.6) is 11.5 Å². The molecule has 2 nitrogen and oxygen atoms in total. The van der Waals surface area contributed by atoms with Gasteiger partial charge in [0.2, 0.25) is 0 Å². The Kier molecular flexibility index (Phi) is 2.84. The summed E-state index contributed by atoms with van der Waals surface area (Å²) in [6.07, 6.45) is 0. The minimum absolute atomic E-state index is 0.0835. The van der Waals surface area contributed by atoms with Crippen LogP contribution in [0.1, 0.15) is 22.8 Å². The number of rotatable bonds is 1. The highest BCUT2D eigenvalue weighted by Gasteiger charge is 2.15. The van der Waals surface area contributed by atoms with Crippen LogP contribution in [-0.4, -0.2) is 5.78 Å². The molecular formula is C15H12O2S. The number of benzene rings is 2. The van der Waals surface area contributed by atoms with E-state index >= 15 is 0 Å². The number of ketones is 1. The normalized spacial score (nSPS) is 12.9. The van der Waals surface area contributed by atoms with Crippen molar-refractivity contribution in [1.82, 2.24) is 0 Å². The minimum Gasteiger partial charge on any atom is -0.456 e. The van der Waals surface area contributed by atoms with Gasteiger partial charge < -0.3 is 4.74 Å². The Balaban J connectivity index is 2.04. The fraction of sp³-hybridized carbons (Fsp3) is 0.133. The van der Waals surface area contributed by atoms with E-state index < -0.39 is 0 Å². The molecule has 0 aromatic heterocycles. The van der Waals surface area contributed by atoms with Crippen LogP contribution in [0.15, 0.2) is 47.4 Å². The average Bonchev–Trinajstić information content (AvgIpc) is 2.56. The van der Waals surface area contributed by atoms with E-state index in [1.807, 2.05) is 36.4 Å². The number of carbonyl (C=O) groups is 1. The minimum atomic E-state index is 0.0835. The maximum Gasteiger partial charge on any atom is 0.159 e. The highest BCUT2D eigenvalue weighted by atomic mass is 32.2. The van der Waals surface area contributed by atoms with E-state index in [-0.39, 0.29) is 5.78 Å². The standard InChI is InChI=1S/C15H12O2S/c1-10(16)11-6-7-14-15(8-11)18-9-12-4-2-3-5-13(12)17-14/h2-8H,9H2,1H3. The fourth-order valence-corrected chi connectivity index (χ4v) is 2.93. The second-order valence-corrected chi connectivity index (χ2v) is 5.23. The van der Waals surface area contributed by atoms with E-state index in [2.05, 4.69) is 6.07 Å². The van der Waals surface area contributed by atoms with Crippen molar-refractivity contribution in [2.75, 3.05) is 0 Å². The van der Waals surface area contributed by atoms with Gasteiger partial charge in [0.15, 0.2) is 5.78 Å². The lowest BCUT2D eigenvalue weighted by atomic mass is 10.1. The molecule has 0 bridgehead atoms. The number of para-hydroxylation sites is 1. The van der Waals surface area contributed by atoms with Crippen molar-refractivity contribution < 1.29 is 9.53 Å². The molecule has 3 rings (SSSR count). The maximum atomic E-state index is 11.4. The summed E-state index contributed by atoms with van der Waals surface area (Å²) in [5, 5.41) is 0. The Labute approximate surface area is 110 Å². The zero-order chi connectivity index (χ0) is 12.5. The molecule has 0 saturated heterocycles. The van der Waals surface area contributed by atoms with Gasteiger partial charge in [-0.05, 0) is 31.2 Å². The van der Waals surface area contributed by atoms with Crippen molar-refractivity contribution in [3.63, 3.8) is 0 Å². The van der Waals surface area contributed by atoms with Crippen molar-refractivity contribution in [2.24, 2.45) is 0 Å². The van der Waals surface area contributed by atoms with Crippen LogP contribution in [0, 0.1) is 0 Å². The summed E-state index contributed by atoms with van der Waals surface area (Å²) in [5.41, 5.74) is 1.92. The van der Waals surface area contributed by atoms with E-state index in [1.165, 1.54) is 5.56 Å². The molecule has 0 radical (unpaired) electrons. The van der Waals surface area contributed by atoms with Gasteiger partial charge >= 0.3 is 0 Å². The van der Waals surface area contributed by atoms with Gasteiger partial charge in [0.05, 0.1) is 4.90 Å². The average molecular weight is 256 g/mol. The zero-order valence-corrected chi connectivity index (χ0v) is 10.8. The highest BCUT2D eigenvalue weighted by molar-refractivity contribution is 7.98. The Bertz CT molecular complexity index is 620. The maximum absolute atomic E-state index is 11.4. The third kappa shape index (κ3) is 2.02. The quantitative estimate of drug-likeness (QED) is 0.712. The van der Waals surface area contributed by atoms with Crippen LogP contribution < -0.4 is 4.74 Å².